The standard InChI is InChI=1S/C19H30N4O2S/c1-13-12-23(7-8-24-13)16(18-4-3-9-26-18)11-21-19(20-2)22-15-10-14-5-6-17(15)25-14/h3-4,9,13-17H,5-8,10-12H2,1-2H3,(H2,20,21,22). The Labute approximate surface area is 160 Å². The van der Waals surface area contributed by atoms with Crippen LogP contribution in [-0.2, 0) is 9.47 Å². The van der Waals surface area contributed by atoms with Gasteiger partial charge in [-0.3, -0.25) is 9.89 Å². The van der Waals surface area contributed by atoms with Gasteiger partial charge in [0.15, 0.2) is 5.96 Å². The third-order valence-electron chi connectivity index (χ3n) is 5.70. The molecule has 0 aromatic carbocycles. The first-order valence-electron chi connectivity index (χ1n) is 9.74. The Hall–Kier alpha value is -1.15. The molecule has 2 N–H and O–H groups in total. The molecule has 0 radical (unpaired) electrons. The van der Waals surface area contributed by atoms with E-state index in [4.69, 9.17) is 9.47 Å². The van der Waals surface area contributed by atoms with Crippen molar-refractivity contribution in [2.24, 2.45) is 4.99 Å². The molecule has 0 aliphatic carbocycles. The number of fused-ring (bicyclic) bond motifs is 2. The Balaban J connectivity index is 1.37. The van der Waals surface area contributed by atoms with E-state index >= 15 is 0 Å². The average molecular weight is 379 g/mol. The first-order chi connectivity index (χ1) is 12.7. The Morgan fingerprint density at radius 2 is 2.38 bits per heavy atom. The Bertz CT molecular complexity index is 609. The molecule has 26 heavy (non-hydrogen) atoms. The van der Waals surface area contributed by atoms with Gasteiger partial charge in [-0.15, -0.1) is 11.3 Å². The van der Waals surface area contributed by atoms with Crippen molar-refractivity contribution in [3.8, 4) is 0 Å². The van der Waals surface area contributed by atoms with Gasteiger partial charge in [-0.2, -0.15) is 0 Å². The predicted octanol–water partition coefficient (Wildman–Crippen LogP) is 1.99. The van der Waals surface area contributed by atoms with E-state index in [0.29, 0.717) is 24.3 Å². The summed E-state index contributed by atoms with van der Waals surface area (Å²) in [6.07, 6.45) is 4.57. The van der Waals surface area contributed by atoms with E-state index < -0.39 is 0 Å². The number of nitrogens with one attached hydrogen (secondary N) is 2. The second-order valence-electron chi connectivity index (χ2n) is 7.52. The van der Waals surface area contributed by atoms with Crippen LogP contribution in [0.3, 0.4) is 0 Å². The van der Waals surface area contributed by atoms with Crippen molar-refractivity contribution >= 4 is 17.3 Å². The molecule has 0 amide bonds. The second kappa shape index (κ2) is 8.25. The van der Waals surface area contributed by atoms with Gasteiger partial charge in [-0.1, -0.05) is 6.07 Å². The molecule has 0 spiro atoms. The van der Waals surface area contributed by atoms with Crippen LogP contribution in [0.2, 0.25) is 0 Å². The van der Waals surface area contributed by atoms with Crippen molar-refractivity contribution in [3.63, 3.8) is 0 Å². The van der Waals surface area contributed by atoms with Crippen molar-refractivity contribution < 1.29 is 9.47 Å². The zero-order valence-electron chi connectivity index (χ0n) is 15.7. The molecular formula is C19H30N4O2S. The highest BCUT2D eigenvalue weighted by molar-refractivity contribution is 7.10. The lowest BCUT2D eigenvalue weighted by Gasteiger charge is -2.37. The first-order valence-corrected chi connectivity index (χ1v) is 10.6. The minimum Gasteiger partial charge on any atom is -0.376 e. The summed E-state index contributed by atoms with van der Waals surface area (Å²) in [7, 11) is 1.85. The first kappa shape index (κ1) is 18.2. The number of hydrogen-bond donors (Lipinski definition) is 2. The smallest absolute Gasteiger partial charge is 0.191 e. The number of thiophene rings is 1. The quantitative estimate of drug-likeness (QED) is 0.606. The van der Waals surface area contributed by atoms with Gasteiger partial charge in [0.2, 0.25) is 0 Å². The molecule has 144 valence electrons. The Morgan fingerprint density at radius 1 is 1.46 bits per heavy atom. The normalized spacial score (nSPS) is 33.4. The van der Waals surface area contributed by atoms with Gasteiger partial charge in [0.25, 0.3) is 0 Å². The van der Waals surface area contributed by atoms with Gasteiger partial charge in [0.05, 0.1) is 37.0 Å². The van der Waals surface area contributed by atoms with E-state index in [1.54, 1.807) is 0 Å². The van der Waals surface area contributed by atoms with Gasteiger partial charge in [-0.05, 0) is 37.6 Å². The minimum absolute atomic E-state index is 0.287. The van der Waals surface area contributed by atoms with E-state index in [9.17, 15) is 0 Å². The summed E-state index contributed by atoms with van der Waals surface area (Å²) in [5.74, 6) is 0.883. The van der Waals surface area contributed by atoms with Crippen LogP contribution in [0, 0.1) is 0 Å². The highest BCUT2D eigenvalue weighted by atomic mass is 32.1. The van der Waals surface area contributed by atoms with E-state index in [1.807, 2.05) is 18.4 Å². The fourth-order valence-corrected chi connectivity index (χ4v) is 5.23. The molecule has 6 nitrogen and oxygen atoms in total. The predicted molar refractivity (Wildman–Crippen MR) is 105 cm³/mol. The van der Waals surface area contributed by atoms with Crippen LogP contribution in [0.4, 0.5) is 0 Å². The summed E-state index contributed by atoms with van der Waals surface area (Å²) >= 11 is 1.83. The van der Waals surface area contributed by atoms with E-state index in [2.05, 4.69) is 45.0 Å². The molecule has 3 saturated heterocycles. The molecule has 1 aromatic heterocycles. The number of rotatable bonds is 5. The van der Waals surface area contributed by atoms with E-state index in [0.717, 1.165) is 38.6 Å². The van der Waals surface area contributed by atoms with Crippen molar-refractivity contribution in [2.75, 3.05) is 33.3 Å². The molecule has 5 atom stereocenters. The molecule has 1 aromatic rings. The molecule has 5 unspecified atom stereocenters. The fourth-order valence-electron chi connectivity index (χ4n) is 4.37. The molecule has 3 fully saturated rings. The largest absolute Gasteiger partial charge is 0.376 e. The lowest BCUT2D eigenvalue weighted by atomic mass is 9.96. The third-order valence-corrected chi connectivity index (χ3v) is 6.67. The van der Waals surface area contributed by atoms with Gasteiger partial charge in [0, 0.05) is 31.6 Å². The Kier molecular flexibility index (Phi) is 5.78. The minimum atomic E-state index is 0.287. The van der Waals surface area contributed by atoms with E-state index in [1.165, 1.54) is 17.7 Å². The summed E-state index contributed by atoms with van der Waals surface area (Å²) < 4.78 is 11.7. The van der Waals surface area contributed by atoms with Crippen LogP contribution < -0.4 is 10.6 Å². The summed E-state index contributed by atoms with van der Waals surface area (Å²) in [5.41, 5.74) is 0. The molecule has 4 heterocycles. The summed E-state index contributed by atoms with van der Waals surface area (Å²) in [6.45, 7) is 5.74. The Morgan fingerprint density at radius 3 is 3.04 bits per heavy atom. The van der Waals surface area contributed by atoms with Crippen LogP contribution in [-0.4, -0.2) is 68.5 Å². The maximum Gasteiger partial charge on any atom is 0.191 e. The SMILES string of the molecule is CN=C(NCC(c1cccs1)N1CCOC(C)C1)NC1CC2CCC1O2. The number of nitrogens with zero attached hydrogens (tertiary/aromatic N) is 2. The number of hydrogen-bond acceptors (Lipinski definition) is 5. The van der Waals surface area contributed by atoms with Crippen molar-refractivity contribution in [1.29, 1.82) is 0 Å². The second-order valence-corrected chi connectivity index (χ2v) is 8.50. The zero-order chi connectivity index (χ0) is 17.9. The van der Waals surface area contributed by atoms with Gasteiger partial charge >= 0.3 is 0 Å². The van der Waals surface area contributed by atoms with Crippen LogP contribution in [0.1, 0.15) is 37.1 Å². The summed E-state index contributed by atoms with van der Waals surface area (Å²) in [5, 5.41) is 9.31. The van der Waals surface area contributed by atoms with Gasteiger partial charge < -0.3 is 20.1 Å². The zero-order valence-corrected chi connectivity index (χ0v) is 16.5. The number of morpholine rings is 1. The maximum atomic E-state index is 5.96. The molecule has 7 heteroatoms. The summed E-state index contributed by atoms with van der Waals surface area (Å²) in [4.78, 5) is 8.37. The molecule has 2 bridgehead atoms. The highest BCUT2D eigenvalue weighted by Gasteiger charge is 2.41. The average Bonchev–Trinajstić information content (AvgIpc) is 3.39. The van der Waals surface area contributed by atoms with Crippen LogP contribution in [0.25, 0.3) is 0 Å². The lowest BCUT2D eigenvalue weighted by molar-refractivity contribution is -0.0334. The number of ether oxygens (including phenoxy) is 2. The van der Waals surface area contributed by atoms with Crippen LogP contribution in [0.15, 0.2) is 22.5 Å². The third kappa shape index (κ3) is 4.06. The maximum absolute atomic E-state index is 5.96. The van der Waals surface area contributed by atoms with Crippen LogP contribution in [0.5, 0.6) is 0 Å². The molecule has 0 saturated carbocycles. The van der Waals surface area contributed by atoms with Crippen molar-refractivity contribution in [3.05, 3.63) is 22.4 Å². The van der Waals surface area contributed by atoms with Gasteiger partial charge in [0.1, 0.15) is 0 Å². The van der Waals surface area contributed by atoms with Crippen LogP contribution >= 0.6 is 11.3 Å². The highest BCUT2D eigenvalue weighted by Crippen LogP contribution is 2.34. The number of aliphatic imine (C=N–C) groups is 1. The fraction of sp³-hybridized carbons (Fsp3) is 0.737. The van der Waals surface area contributed by atoms with E-state index in [-0.39, 0.29) is 6.10 Å². The molecule has 3 aliphatic rings. The molecule has 3 aliphatic heterocycles. The monoisotopic (exact) mass is 378 g/mol. The lowest BCUT2D eigenvalue weighted by Crippen LogP contribution is -2.51. The molecule has 4 rings (SSSR count). The van der Waals surface area contributed by atoms with Crippen molar-refractivity contribution in [2.45, 2.75) is 56.6 Å². The summed E-state index contributed by atoms with van der Waals surface area (Å²) in [6, 6.07) is 5.10. The molecular weight excluding hydrogens is 348 g/mol. The number of guanidine groups is 1. The van der Waals surface area contributed by atoms with Gasteiger partial charge in [-0.25, -0.2) is 0 Å². The topological polar surface area (TPSA) is 58.1 Å². The van der Waals surface area contributed by atoms with Crippen molar-refractivity contribution in [1.82, 2.24) is 15.5 Å².